The van der Waals surface area contributed by atoms with Crippen LogP contribution in [0, 0.1) is 6.92 Å². The highest BCUT2D eigenvalue weighted by atomic mass is 79.9. The maximum atomic E-state index is 12.9. The normalized spacial score (nSPS) is 14.1. The van der Waals surface area contributed by atoms with Gasteiger partial charge in [-0.3, -0.25) is 19.3 Å². The first-order valence-electron chi connectivity index (χ1n) is 11.5. The molecular formula is C28H25BrN2O6S. The standard InChI is InChI=1S/C28H25BrN2O6S/c1-17-4-6-18(7-5-17)16-37-26-22(29)12-19(13-23(26)36-3)14-24-27(33)31(28(34)38-24)15-25(32)30-20-8-10-21(35-2)11-9-20/h4-14H,15-16H2,1-3H3,(H,30,32)/b24-14+. The predicted molar refractivity (Wildman–Crippen MR) is 151 cm³/mol. The van der Waals surface area contributed by atoms with E-state index in [9.17, 15) is 14.4 Å². The maximum Gasteiger partial charge on any atom is 0.294 e. The molecule has 0 spiro atoms. The Hall–Kier alpha value is -3.76. The van der Waals surface area contributed by atoms with E-state index < -0.39 is 23.6 Å². The number of rotatable bonds is 9. The molecule has 1 N–H and O–H groups in total. The molecule has 0 aromatic heterocycles. The third-order valence-electron chi connectivity index (χ3n) is 5.60. The molecule has 196 valence electrons. The molecule has 1 fully saturated rings. The van der Waals surface area contributed by atoms with Gasteiger partial charge < -0.3 is 19.5 Å². The first kappa shape index (κ1) is 27.3. The van der Waals surface area contributed by atoms with E-state index >= 15 is 0 Å². The van der Waals surface area contributed by atoms with Crippen LogP contribution in [-0.4, -0.2) is 42.7 Å². The number of nitrogens with zero attached hydrogens (tertiary/aromatic N) is 1. The average molecular weight is 597 g/mol. The molecule has 1 saturated heterocycles. The van der Waals surface area contributed by atoms with E-state index in [0.717, 1.165) is 22.2 Å². The number of amides is 3. The summed E-state index contributed by atoms with van der Waals surface area (Å²) in [6, 6.07) is 18.3. The molecule has 10 heteroatoms. The monoisotopic (exact) mass is 596 g/mol. The van der Waals surface area contributed by atoms with Gasteiger partial charge in [0.15, 0.2) is 11.5 Å². The number of ether oxygens (including phenoxy) is 3. The summed E-state index contributed by atoms with van der Waals surface area (Å²) in [5, 5.41) is 2.16. The van der Waals surface area contributed by atoms with Gasteiger partial charge >= 0.3 is 0 Å². The minimum Gasteiger partial charge on any atom is -0.497 e. The van der Waals surface area contributed by atoms with Crippen LogP contribution < -0.4 is 19.5 Å². The smallest absolute Gasteiger partial charge is 0.294 e. The van der Waals surface area contributed by atoms with Crippen molar-refractivity contribution in [1.82, 2.24) is 4.90 Å². The van der Waals surface area contributed by atoms with Crippen LogP contribution in [0.15, 0.2) is 70.0 Å². The predicted octanol–water partition coefficient (Wildman–Crippen LogP) is 6.03. The first-order valence-corrected chi connectivity index (χ1v) is 13.1. The minimum absolute atomic E-state index is 0.203. The van der Waals surface area contributed by atoms with Gasteiger partial charge in [0.1, 0.15) is 18.9 Å². The molecule has 0 atom stereocenters. The van der Waals surface area contributed by atoms with Crippen molar-refractivity contribution in [2.75, 3.05) is 26.1 Å². The van der Waals surface area contributed by atoms with E-state index in [4.69, 9.17) is 14.2 Å². The molecule has 1 aliphatic rings. The number of anilines is 1. The summed E-state index contributed by atoms with van der Waals surface area (Å²) >= 11 is 4.30. The molecule has 0 bridgehead atoms. The second kappa shape index (κ2) is 12.2. The maximum absolute atomic E-state index is 12.9. The molecule has 3 aromatic carbocycles. The quantitative estimate of drug-likeness (QED) is 0.301. The number of carbonyl (C=O) groups is 3. The SMILES string of the molecule is COc1ccc(NC(=O)CN2C(=O)S/C(=C/c3cc(Br)c(OCc4ccc(C)cc4)c(OC)c3)C2=O)cc1. The van der Waals surface area contributed by atoms with Crippen LogP contribution in [0.25, 0.3) is 6.08 Å². The van der Waals surface area contributed by atoms with Crippen molar-refractivity contribution in [3.8, 4) is 17.2 Å². The number of methoxy groups -OCH3 is 2. The fourth-order valence-electron chi connectivity index (χ4n) is 3.61. The van der Waals surface area contributed by atoms with Crippen molar-refractivity contribution < 1.29 is 28.6 Å². The van der Waals surface area contributed by atoms with E-state index in [-0.39, 0.29) is 4.91 Å². The van der Waals surface area contributed by atoms with E-state index in [0.29, 0.717) is 39.6 Å². The zero-order chi connectivity index (χ0) is 27.2. The van der Waals surface area contributed by atoms with Gasteiger partial charge in [-0.25, -0.2) is 0 Å². The van der Waals surface area contributed by atoms with Crippen molar-refractivity contribution in [3.63, 3.8) is 0 Å². The fraction of sp³-hybridized carbons (Fsp3) is 0.179. The lowest BCUT2D eigenvalue weighted by Gasteiger charge is -2.14. The van der Waals surface area contributed by atoms with Gasteiger partial charge in [0, 0.05) is 5.69 Å². The number of hydrogen-bond donors (Lipinski definition) is 1. The largest absolute Gasteiger partial charge is 0.497 e. The van der Waals surface area contributed by atoms with Crippen LogP contribution in [0.4, 0.5) is 10.5 Å². The number of aryl methyl sites for hydroxylation is 1. The topological polar surface area (TPSA) is 94.2 Å². The highest BCUT2D eigenvalue weighted by molar-refractivity contribution is 9.10. The average Bonchev–Trinajstić information content (AvgIpc) is 3.16. The third-order valence-corrected chi connectivity index (χ3v) is 7.10. The van der Waals surface area contributed by atoms with Crippen LogP contribution in [0.1, 0.15) is 16.7 Å². The van der Waals surface area contributed by atoms with Gasteiger partial charge in [-0.05, 0) is 88.2 Å². The van der Waals surface area contributed by atoms with Crippen molar-refractivity contribution in [2.24, 2.45) is 0 Å². The zero-order valence-electron chi connectivity index (χ0n) is 20.9. The highest BCUT2D eigenvalue weighted by Crippen LogP contribution is 2.39. The Morgan fingerprint density at radius 3 is 2.39 bits per heavy atom. The molecule has 1 aliphatic heterocycles. The van der Waals surface area contributed by atoms with Crippen LogP contribution >= 0.6 is 27.7 Å². The van der Waals surface area contributed by atoms with E-state index in [1.165, 1.54) is 12.7 Å². The van der Waals surface area contributed by atoms with Gasteiger partial charge in [0.05, 0.1) is 23.6 Å². The van der Waals surface area contributed by atoms with Crippen LogP contribution in [0.2, 0.25) is 0 Å². The highest BCUT2D eigenvalue weighted by Gasteiger charge is 2.36. The summed E-state index contributed by atoms with van der Waals surface area (Å²) in [6.45, 7) is 1.98. The first-order chi connectivity index (χ1) is 18.3. The fourth-order valence-corrected chi connectivity index (χ4v) is 5.02. The van der Waals surface area contributed by atoms with Gasteiger partial charge in [0.25, 0.3) is 11.1 Å². The Morgan fingerprint density at radius 1 is 1.03 bits per heavy atom. The summed E-state index contributed by atoms with van der Waals surface area (Å²) < 4.78 is 17.2. The molecule has 4 rings (SSSR count). The van der Waals surface area contributed by atoms with Crippen molar-refractivity contribution >= 4 is 56.5 Å². The molecule has 38 heavy (non-hydrogen) atoms. The molecule has 3 amide bonds. The van der Waals surface area contributed by atoms with Crippen LogP contribution in [0.5, 0.6) is 17.2 Å². The Balaban J connectivity index is 1.44. The van der Waals surface area contributed by atoms with Gasteiger partial charge in [-0.15, -0.1) is 0 Å². The van der Waals surface area contributed by atoms with Crippen LogP contribution in [0.3, 0.4) is 0 Å². The second-order valence-corrected chi connectivity index (χ2v) is 10.2. The van der Waals surface area contributed by atoms with E-state index in [1.54, 1.807) is 49.6 Å². The number of hydrogen-bond acceptors (Lipinski definition) is 7. The van der Waals surface area contributed by atoms with Crippen molar-refractivity contribution in [3.05, 3.63) is 86.7 Å². The Labute approximate surface area is 233 Å². The number of imide groups is 1. The number of benzene rings is 3. The lowest BCUT2D eigenvalue weighted by atomic mass is 10.1. The van der Waals surface area contributed by atoms with Crippen molar-refractivity contribution in [2.45, 2.75) is 13.5 Å². The van der Waals surface area contributed by atoms with Gasteiger partial charge in [-0.1, -0.05) is 29.8 Å². The second-order valence-electron chi connectivity index (χ2n) is 8.35. The van der Waals surface area contributed by atoms with Crippen LogP contribution in [-0.2, 0) is 16.2 Å². The lowest BCUT2D eigenvalue weighted by molar-refractivity contribution is -0.127. The van der Waals surface area contributed by atoms with Gasteiger partial charge in [0.2, 0.25) is 5.91 Å². The summed E-state index contributed by atoms with van der Waals surface area (Å²) in [4.78, 5) is 39.0. The Kier molecular flexibility index (Phi) is 8.75. The number of carbonyl (C=O) groups excluding carboxylic acids is 3. The van der Waals surface area contributed by atoms with E-state index in [2.05, 4.69) is 21.2 Å². The summed E-state index contributed by atoms with van der Waals surface area (Å²) in [5.41, 5.74) is 3.34. The van der Waals surface area contributed by atoms with Crippen molar-refractivity contribution in [1.29, 1.82) is 0 Å². The number of halogens is 1. The molecule has 0 aliphatic carbocycles. The Bertz CT molecular complexity index is 1390. The minimum atomic E-state index is -0.542. The molecular weight excluding hydrogens is 572 g/mol. The summed E-state index contributed by atoms with van der Waals surface area (Å²) in [5.74, 6) is 0.607. The Morgan fingerprint density at radius 2 is 1.74 bits per heavy atom. The molecule has 0 unspecified atom stereocenters. The summed E-state index contributed by atoms with van der Waals surface area (Å²) in [7, 11) is 3.07. The van der Waals surface area contributed by atoms with Gasteiger partial charge in [-0.2, -0.15) is 0 Å². The molecule has 8 nitrogen and oxygen atoms in total. The van der Waals surface area contributed by atoms with E-state index in [1.807, 2.05) is 31.2 Å². The molecule has 3 aromatic rings. The number of nitrogens with one attached hydrogen (secondary N) is 1. The molecule has 0 radical (unpaired) electrons. The third kappa shape index (κ3) is 6.56. The molecule has 1 heterocycles. The summed E-state index contributed by atoms with van der Waals surface area (Å²) in [6.07, 6.45) is 1.59. The number of thioether (sulfide) groups is 1. The zero-order valence-corrected chi connectivity index (χ0v) is 23.4. The lowest BCUT2D eigenvalue weighted by Crippen LogP contribution is -2.36. The molecule has 0 saturated carbocycles.